The average molecular weight is 342 g/mol. The van der Waals surface area contributed by atoms with Gasteiger partial charge in [-0.3, -0.25) is 0 Å². The Bertz CT molecular complexity index is 659. The predicted octanol–water partition coefficient (Wildman–Crippen LogP) is 3.51. The maximum absolute atomic E-state index is 12.3. The Morgan fingerprint density at radius 1 is 1.12 bits per heavy atom. The van der Waals surface area contributed by atoms with Gasteiger partial charge in [0.05, 0.1) is 12.7 Å². The molecule has 0 aliphatic rings. The van der Waals surface area contributed by atoms with Crippen LogP contribution in [0.4, 0.5) is 10.5 Å². The first-order valence-electron chi connectivity index (χ1n) is 8.45. The molecular formula is C20H26N2O3. The van der Waals surface area contributed by atoms with Gasteiger partial charge in [0.2, 0.25) is 0 Å². The van der Waals surface area contributed by atoms with E-state index in [2.05, 4.69) is 10.6 Å². The molecule has 2 amide bonds. The van der Waals surface area contributed by atoms with Crippen LogP contribution in [0.3, 0.4) is 0 Å². The number of benzene rings is 2. The van der Waals surface area contributed by atoms with Crippen molar-refractivity contribution in [3.63, 3.8) is 0 Å². The molecule has 2 atom stereocenters. The number of methoxy groups -OCH3 is 1. The maximum atomic E-state index is 12.3. The lowest BCUT2D eigenvalue weighted by atomic mass is 9.93. The van der Waals surface area contributed by atoms with E-state index < -0.39 is 6.10 Å². The second-order valence-corrected chi connectivity index (χ2v) is 6.12. The van der Waals surface area contributed by atoms with Gasteiger partial charge in [0.1, 0.15) is 0 Å². The molecular weight excluding hydrogens is 316 g/mol. The SMILES string of the molecule is COCc1ccccc1NC(=O)NCC(CC(C)O)c1ccccc1. The van der Waals surface area contributed by atoms with E-state index in [4.69, 9.17) is 4.74 Å². The van der Waals surface area contributed by atoms with Crippen molar-refractivity contribution in [1.82, 2.24) is 5.32 Å². The number of aliphatic hydroxyl groups is 1. The van der Waals surface area contributed by atoms with Crippen molar-refractivity contribution in [2.75, 3.05) is 19.0 Å². The molecule has 25 heavy (non-hydrogen) atoms. The van der Waals surface area contributed by atoms with Crippen molar-refractivity contribution in [3.8, 4) is 0 Å². The highest BCUT2D eigenvalue weighted by Crippen LogP contribution is 2.21. The molecule has 0 saturated carbocycles. The van der Waals surface area contributed by atoms with E-state index in [1.165, 1.54) is 0 Å². The highest BCUT2D eigenvalue weighted by atomic mass is 16.5. The van der Waals surface area contributed by atoms with Crippen LogP contribution in [-0.2, 0) is 11.3 Å². The maximum Gasteiger partial charge on any atom is 0.319 e. The summed E-state index contributed by atoms with van der Waals surface area (Å²) in [5.41, 5.74) is 2.75. The van der Waals surface area contributed by atoms with Gasteiger partial charge < -0.3 is 20.5 Å². The minimum Gasteiger partial charge on any atom is -0.393 e. The Labute approximate surface area is 149 Å². The highest BCUT2D eigenvalue weighted by molar-refractivity contribution is 5.90. The molecule has 5 nitrogen and oxygen atoms in total. The van der Waals surface area contributed by atoms with Gasteiger partial charge in [0.25, 0.3) is 0 Å². The fraction of sp³-hybridized carbons (Fsp3) is 0.350. The van der Waals surface area contributed by atoms with Gasteiger partial charge >= 0.3 is 6.03 Å². The summed E-state index contributed by atoms with van der Waals surface area (Å²) in [6.45, 7) is 2.65. The third kappa shape index (κ3) is 6.21. The Morgan fingerprint density at radius 2 is 1.80 bits per heavy atom. The van der Waals surface area contributed by atoms with E-state index in [0.29, 0.717) is 19.6 Å². The number of urea groups is 1. The van der Waals surface area contributed by atoms with Crippen LogP contribution in [-0.4, -0.2) is 30.9 Å². The third-order valence-electron chi connectivity index (χ3n) is 3.97. The average Bonchev–Trinajstić information content (AvgIpc) is 2.61. The van der Waals surface area contributed by atoms with Gasteiger partial charge in [0.15, 0.2) is 0 Å². The number of carbonyl (C=O) groups is 1. The van der Waals surface area contributed by atoms with Gasteiger partial charge in [-0.2, -0.15) is 0 Å². The molecule has 0 spiro atoms. The lowest BCUT2D eigenvalue weighted by molar-refractivity contribution is 0.173. The topological polar surface area (TPSA) is 70.6 Å². The molecule has 0 bridgehead atoms. The van der Waals surface area contributed by atoms with E-state index in [1.54, 1.807) is 14.0 Å². The van der Waals surface area contributed by atoms with E-state index in [0.717, 1.165) is 16.8 Å². The summed E-state index contributed by atoms with van der Waals surface area (Å²) in [5, 5.41) is 15.5. The van der Waals surface area contributed by atoms with Gasteiger partial charge in [-0.25, -0.2) is 4.79 Å². The summed E-state index contributed by atoms with van der Waals surface area (Å²) < 4.78 is 5.15. The number of anilines is 1. The molecule has 0 saturated heterocycles. The van der Waals surface area contributed by atoms with Crippen molar-refractivity contribution in [1.29, 1.82) is 0 Å². The van der Waals surface area contributed by atoms with E-state index in [9.17, 15) is 9.90 Å². The van der Waals surface area contributed by atoms with Crippen LogP contribution in [0.15, 0.2) is 54.6 Å². The first kappa shape index (κ1) is 19.0. The molecule has 2 unspecified atom stereocenters. The predicted molar refractivity (Wildman–Crippen MR) is 99.7 cm³/mol. The Hall–Kier alpha value is -2.37. The van der Waals surface area contributed by atoms with Crippen LogP contribution >= 0.6 is 0 Å². The zero-order chi connectivity index (χ0) is 18.1. The van der Waals surface area contributed by atoms with Crippen molar-refractivity contribution in [3.05, 3.63) is 65.7 Å². The number of para-hydroxylation sites is 1. The van der Waals surface area contributed by atoms with Gasteiger partial charge in [0, 0.05) is 30.8 Å². The standard InChI is InChI=1S/C20H26N2O3/c1-15(23)12-18(16-8-4-3-5-9-16)13-21-20(24)22-19-11-7-6-10-17(19)14-25-2/h3-11,15,18,23H,12-14H2,1-2H3,(H2,21,22,24). The van der Waals surface area contributed by atoms with Crippen molar-refractivity contribution in [2.45, 2.75) is 32.0 Å². The molecule has 2 aromatic rings. The van der Waals surface area contributed by atoms with E-state index >= 15 is 0 Å². The third-order valence-corrected chi connectivity index (χ3v) is 3.97. The molecule has 2 aromatic carbocycles. The minimum absolute atomic E-state index is 0.0566. The number of nitrogens with one attached hydrogen (secondary N) is 2. The highest BCUT2D eigenvalue weighted by Gasteiger charge is 2.15. The molecule has 5 heteroatoms. The molecule has 0 aromatic heterocycles. The van der Waals surface area contributed by atoms with Crippen LogP contribution in [0.5, 0.6) is 0 Å². The van der Waals surface area contributed by atoms with Crippen LogP contribution in [0.2, 0.25) is 0 Å². The van der Waals surface area contributed by atoms with Crippen LogP contribution in [0.1, 0.15) is 30.4 Å². The fourth-order valence-corrected chi connectivity index (χ4v) is 2.78. The Kier molecular flexibility index (Phi) is 7.44. The minimum atomic E-state index is -0.433. The molecule has 3 N–H and O–H groups in total. The summed E-state index contributed by atoms with van der Waals surface area (Å²) in [6.07, 6.45) is 0.155. The summed E-state index contributed by atoms with van der Waals surface area (Å²) in [5.74, 6) is 0.0566. The number of hydrogen-bond acceptors (Lipinski definition) is 3. The van der Waals surface area contributed by atoms with E-state index in [1.807, 2.05) is 54.6 Å². The molecule has 134 valence electrons. The lowest BCUT2D eigenvalue weighted by Crippen LogP contribution is -2.33. The Balaban J connectivity index is 1.97. The molecule has 0 aliphatic heterocycles. The zero-order valence-corrected chi connectivity index (χ0v) is 14.7. The van der Waals surface area contributed by atoms with Crippen molar-refractivity contribution in [2.24, 2.45) is 0 Å². The first-order valence-corrected chi connectivity index (χ1v) is 8.45. The number of rotatable bonds is 8. The van der Waals surface area contributed by atoms with Crippen molar-refractivity contribution >= 4 is 11.7 Å². The molecule has 0 radical (unpaired) electrons. The number of ether oxygens (including phenoxy) is 1. The van der Waals surface area contributed by atoms with Crippen LogP contribution in [0, 0.1) is 0 Å². The summed E-state index contributed by atoms with van der Waals surface area (Å²) in [6, 6.07) is 17.2. The second-order valence-electron chi connectivity index (χ2n) is 6.12. The summed E-state index contributed by atoms with van der Waals surface area (Å²) in [4.78, 5) is 12.3. The monoisotopic (exact) mass is 342 g/mol. The van der Waals surface area contributed by atoms with Gasteiger partial charge in [-0.15, -0.1) is 0 Å². The van der Waals surface area contributed by atoms with Crippen molar-refractivity contribution < 1.29 is 14.6 Å². The quantitative estimate of drug-likeness (QED) is 0.687. The second kappa shape index (κ2) is 9.81. The van der Waals surface area contributed by atoms with Gasteiger partial charge in [-0.05, 0) is 25.0 Å². The molecule has 0 aliphatic carbocycles. The summed E-state index contributed by atoms with van der Waals surface area (Å²) in [7, 11) is 1.62. The molecule has 0 fully saturated rings. The number of aliphatic hydroxyl groups excluding tert-OH is 1. The van der Waals surface area contributed by atoms with Crippen LogP contribution in [0.25, 0.3) is 0 Å². The molecule has 2 rings (SSSR count). The van der Waals surface area contributed by atoms with Gasteiger partial charge in [-0.1, -0.05) is 48.5 Å². The van der Waals surface area contributed by atoms with Crippen LogP contribution < -0.4 is 10.6 Å². The van der Waals surface area contributed by atoms with E-state index in [-0.39, 0.29) is 11.9 Å². The number of amides is 2. The first-order chi connectivity index (χ1) is 12.1. The smallest absolute Gasteiger partial charge is 0.319 e. The number of hydrogen-bond donors (Lipinski definition) is 3. The number of carbonyl (C=O) groups excluding carboxylic acids is 1. The Morgan fingerprint density at radius 3 is 2.48 bits per heavy atom. The molecule has 0 heterocycles. The zero-order valence-electron chi connectivity index (χ0n) is 14.7. The fourth-order valence-electron chi connectivity index (χ4n) is 2.78. The largest absolute Gasteiger partial charge is 0.393 e. The lowest BCUT2D eigenvalue weighted by Gasteiger charge is -2.20. The normalized spacial score (nSPS) is 13.1. The summed E-state index contributed by atoms with van der Waals surface area (Å²) >= 11 is 0.